The van der Waals surface area contributed by atoms with Crippen LogP contribution in [0.1, 0.15) is 22.6 Å². The highest BCUT2D eigenvalue weighted by Crippen LogP contribution is 2.21. The van der Waals surface area contributed by atoms with Crippen molar-refractivity contribution in [3.63, 3.8) is 0 Å². The normalized spacial score (nSPS) is 10.5. The Bertz CT molecular complexity index is 606. The number of furan rings is 1. The lowest BCUT2D eigenvalue weighted by atomic mass is 10.2. The van der Waals surface area contributed by atoms with Crippen LogP contribution < -0.4 is 10.6 Å². The Morgan fingerprint density at radius 1 is 1.37 bits per heavy atom. The standard InChI is InChI=1S/C14H17N3OS/c1-9-4-5-12(13(15)19)14(16-9)17(3)8-11-6-7-18-10(11)2/h4-7H,8H2,1-3H3,(H2,15,19). The van der Waals surface area contributed by atoms with Crippen LogP contribution in [-0.4, -0.2) is 17.0 Å². The van der Waals surface area contributed by atoms with Crippen molar-refractivity contribution >= 4 is 23.0 Å². The first-order chi connectivity index (χ1) is 8.99. The van der Waals surface area contributed by atoms with Crippen LogP contribution in [0.5, 0.6) is 0 Å². The van der Waals surface area contributed by atoms with Gasteiger partial charge in [-0.05, 0) is 32.0 Å². The summed E-state index contributed by atoms with van der Waals surface area (Å²) in [5, 5.41) is 0. The van der Waals surface area contributed by atoms with Crippen LogP contribution in [0.4, 0.5) is 5.82 Å². The van der Waals surface area contributed by atoms with Crippen LogP contribution in [0, 0.1) is 13.8 Å². The monoisotopic (exact) mass is 275 g/mol. The maximum Gasteiger partial charge on any atom is 0.139 e. The molecule has 5 heteroatoms. The van der Waals surface area contributed by atoms with Gasteiger partial charge in [-0.1, -0.05) is 12.2 Å². The summed E-state index contributed by atoms with van der Waals surface area (Å²) in [6.07, 6.45) is 1.69. The van der Waals surface area contributed by atoms with E-state index in [1.807, 2.05) is 44.0 Å². The van der Waals surface area contributed by atoms with Gasteiger partial charge < -0.3 is 15.1 Å². The number of anilines is 1. The second-order valence-corrected chi connectivity index (χ2v) is 4.99. The molecule has 19 heavy (non-hydrogen) atoms. The van der Waals surface area contributed by atoms with Crippen LogP contribution >= 0.6 is 12.2 Å². The average molecular weight is 275 g/mol. The number of hydrogen-bond donors (Lipinski definition) is 1. The Morgan fingerprint density at radius 2 is 2.11 bits per heavy atom. The number of rotatable bonds is 4. The predicted molar refractivity (Wildman–Crippen MR) is 80.4 cm³/mol. The third kappa shape index (κ3) is 2.93. The zero-order valence-electron chi connectivity index (χ0n) is 11.3. The van der Waals surface area contributed by atoms with Crippen molar-refractivity contribution in [3.05, 3.63) is 47.0 Å². The van der Waals surface area contributed by atoms with Crippen LogP contribution in [-0.2, 0) is 6.54 Å². The van der Waals surface area contributed by atoms with Crippen molar-refractivity contribution in [2.24, 2.45) is 5.73 Å². The summed E-state index contributed by atoms with van der Waals surface area (Å²) in [5.41, 5.74) is 8.61. The third-order valence-electron chi connectivity index (χ3n) is 3.02. The summed E-state index contributed by atoms with van der Waals surface area (Å²) < 4.78 is 5.31. The molecular formula is C14H17N3OS. The van der Waals surface area contributed by atoms with E-state index in [2.05, 4.69) is 4.98 Å². The summed E-state index contributed by atoms with van der Waals surface area (Å²) in [4.78, 5) is 6.92. The smallest absolute Gasteiger partial charge is 0.139 e. The zero-order chi connectivity index (χ0) is 14.0. The van der Waals surface area contributed by atoms with Crippen molar-refractivity contribution in [2.45, 2.75) is 20.4 Å². The average Bonchev–Trinajstić information content (AvgIpc) is 2.74. The molecular weight excluding hydrogens is 258 g/mol. The molecule has 2 aromatic rings. The van der Waals surface area contributed by atoms with Gasteiger partial charge >= 0.3 is 0 Å². The number of nitrogens with two attached hydrogens (primary N) is 1. The molecule has 4 nitrogen and oxygen atoms in total. The Kier molecular flexibility index (Phi) is 3.85. The van der Waals surface area contributed by atoms with E-state index in [-0.39, 0.29) is 0 Å². The molecule has 0 amide bonds. The number of pyridine rings is 1. The van der Waals surface area contributed by atoms with E-state index in [0.717, 1.165) is 28.4 Å². The molecule has 0 aliphatic rings. The number of aromatic nitrogens is 1. The molecule has 2 N–H and O–H groups in total. The van der Waals surface area contributed by atoms with E-state index in [4.69, 9.17) is 22.4 Å². The number of thiocarbonyl (C=S) groups is 1. The molecule has 0 unspecified atom stereocenters. The van der Waals surface area contributed by atoms with Gasteiger partial charge in [0.25, 0.3) is 0 Å². The lowest BCUT2D eigenvalue weighted by Crippen LogP contribution is -2.23. The Labute approximate surface area is 118 Å². The van der Waals surface area contributed by atoms with E-state index >= 15 is 0 Å². The first-order valence-corrected chi connectivity index (χ1v) is 6.41. The van der Waals surface area contributed by atoms with Crippen molar-refractivity contribution in [3.8, 4) is 0 Å². The zero-order valence-corrected chi connectivity index (χ0v) is 12.1. The Morgan fingerprint density at radius 3 is 2.68 bits per heavy atom. The quantitative estimate of drug-likeness (QED) is 0.869. The molecule has 2 aromatic heterocycles. The highest BCUT2D eigenvalue weighted by molar-refractivity contribution is 7.80. The van der Waals surface area contributed by atoms with Gasteiger partial charge in [-0.2, -0.15) is 0 Å². The minimum Gasteiger partial charge on any atom is -0.469 e. The summed E-state index contributed by atoms with van der Waals surface area (Å²) in [6, 6.07) is 5.79. The van der Waals surface area contributed by atoms with Gasteiger partial charge in [-0.3, -0.25) is 0 Å². The highest BCUT2D eigenvalue weighted by atomic mass is 32.1. The molecule has 0 radical (unpaired) electrons. The van der Waals surface area contributed by atoms with E-state index in [1.54, 1.807) is 6.26 Å². The lowest BCUT2D eigenvalue weighted by Gasteiger charge is -2.21. The molecule has 2 rings (SSSR count). The molecule has 0 spiro atoms. The van der Waals surface area contributed by atoms with Crippen LogP contribution in [0.3, 0.4) is 0 Å². The van der Waals surface area contributed by atoms with Crippen LogP contribution in [0.15, 0.2) is 28.9 Å². The number of nitrogens with zero attached hydrogens (tertiary/aromatic N) is 2. The van der Waals surface area contributed by atoms with Gasteiger partial charge in [-0.25, -0.2) is 4.98 Å². The maximum absolute atomic E-state index is 5.75. The van der Waals surface area contributed by atoms with E-state index in [9.17, 15) is 0 Å². The number of hydrogen-bond acceptors (Lipinski definition) is 4. The predicted octanol–water partition coefficient (Wildman–Crippen LogP) is 2.56. The molecule has 2 heterocycles. The van der Waals surface area contributed by atoms with Gasteiger partial charge in [0.05, 0.1) is 11.8 Å². The van der Waals surface area contributed by atoms with Crippen molar-refractivity contribution in [1.82, 2.24) is 4.98 Å². The molecule has 0 atom stereocenters. The Balaban J connectivity index is 2.32. The summed E-state index contributed by atoms with van der Waals surface area (Å²) in [5.74, 6) is 1.71. The van der Waals surface area contributed by atoms with E-state index < -0.39 is 0 Å². The SMILES string of the molecule is Cc1ccc(C(N)=S)c(N(C)Cc2ccoc2C)n1. The first-order valence-electron chi connectivity index (χ1n) is 6.00. The van der Waals surface area contributed by atoms with Crippen molar-refractivity contribution in [2.75, 3.05) is 11.9 Å². The molecule has 0 fully saturated rings. The fourth-order valence-corrected chi connectivity index (χ4v) is 2.09. The summed E-state index contributed by atoms with van der Waals surface area (Å²) >= 11 is 5.08. The lowest BCUT2D eigenvalue weighted by molar-refractivity contribution is 0.529. The Hall–Kier alpha value is -1.88. The van der Waals surface area contributed by atoms with Gasteiger partial charge in [0, 0.05) is 24.8 Å². The molecule has 0 aromatic carbocycles. The fourth-order valence-electron chi connectivity index (χ4n) is 1.93. The van der Waals surface area contributed by atoms with E-state index in [1.165, 1.54) is 0 Å². The van der Waals surface area contributed by atoms with Crippen LogP contribution in [0.2, 0.25) is 0 Å². The summed E-state index contributed by atoms with van der Waals surface area (Å²) in [6.45, 7) is 4.60. The van der Waals surface area contributed by atoms with Gasteiger partial charge in [-0.15, -0.1) is 0 Å². The highest BCUT2D eigenvalue weighted by Gasteiger charge is 2.13. The topological polar surface area (TPSA) is 55.3 Å². The minimum atomic E-state index is 0.360. The van der Waals surface area contributed by atoms with Gasteiger partial charge in [0.15, 0.2) is 0 Å². The third-order valence-corrected chi connectivity index (χ3v) is 3.24. The molecule has 0 saturated carbocycles. The van der Waals surface area contributed by atoms with Gasteiger partial charge in [0.1, 0.15) is 16.6 Å². The largest absolute Gasteiger partial charge is 0.469 e. The summed E-state index contributed by atoms with van der Waals surface area (Å²) in [7, 11) is 1.97. The molecule has 100 valence electrons. The first kappa shape index (κ1) is 13.5. The fraction of sp³-hybridized carbons (Fsp3) is 0.286. The van der Waals surface area contributed by atoms with Crippen molar-refractivity contribution in [1.29, 1.82) is 0 Å². The molecule has 0 bridgehead atoms. The molecule has 0 aliphatic carbocycles. The minimum absolute atomic E-state index is 0.360. The second kappa shape index (κ2) is 5.40. The second-order valence-electron chi connectivity index (χ2n) is 4.55. The maximum atomic E-state index is 5.75. The molecule has 0 aliphatic heterocycles. The van der Waals surface area contributed by atoms with Crippen molar-refractivity contribution < 1.29 is 4.42 Å². The number of aryl methyl sites for hydroxylation is 2. The van der Waals surface area contributed by atoms with Crippen LogP contribution in [0.25, 0.3) is 0 Å². The van der Waals surface area contributed by atoms with Gasteiger partial charge in [0.2, 0.25) is 0 Å². The molecule has 0 saturated heterocycles. The van der Waals surface area contributed by atoms with E-state index in [0.29, 0.717) is 11.5 Å².